The van der Waals surface area contributed by atoms with E-state index in [-0.39, 0.29) is 32.3 Å². The lowest BCUT2D eigenvalue weighted by molar-refractivity contribution is -0.118. The van der Waals surface area contributed by atoms with Crippen LogP contribution in [-0.4, -0.2) is 31.1 Å². The van der Waals surface area contributed by atoms with Gasteiger partial charge in [-0.3, -0.25) is 14.4 Å². The smallest absolute Gasteiger partial charge is 0.262 e. The van der Waals surface area contributed by atoms with Crippen molar-refractivity contribution in [2.45, 2.75) is 13.0 Å². The molecule has 9 nitrogen and oxygen atoms in total. The molecule has 1 heterocycles. The molecule has 4 rings (SSSR count). The molecule has 4 N–H and O–H groups in total. The first-order valence-corrected chi connectivity index (χ1v) is 10.5. The Bertz CT molecular complexity index is 1210. The van der Waals surface area contributed by atoms with Crippen LogP contribution < -0.4 is 30.6 Å². The number of amides is 3. The van der Waals surface area contributed by atoms with E-state index in [0.29, 0.717) is 28.5 Å². The van der Waals surface area contributed by atoms with E-state index < -0.39 is 11.8 Å². The van der Waals surface area contributed by atoms with Crippen LogP contribution in [-0.2, 0) is 22.6 Å². The lowest BCUT2D eigenvalue weighted by Gasteiger charge is -2.12. The minimum absolute atomic E-state index is 0.133. The minimum atomic E-state index is -0.424. The van der Waals surface area contributed by atoms with Gasteiger partial charge >= 0.3 is 0 Å². The van der Waals surface area contributed by atoms with Gasteiger partial charge in [-0.15, -0.1) is 0 Å². The quantitative estimate of drug-likeness (QED) is 0.449. The Morgan fingerprint density at radius 2 is 1.65 bits per heavy atom. The van der Waals surface area contributed by atoms with Crippen LogP contribution >= 0.6 is 0 Å². The number of hydrogen-bond acceptors (Lipinski definition) is 6. The molecule has 34 heavy (non-hydrogen) atoms. The molecule has 1 aliphatic heterocycles. The Morgan fingerprint density at radius 3 is 2.44 bits per heavy atom. The van der Waals surface area contributed by atoms with Crippen LogP contribution in [0.3, 0.4) is 0 Å². The Balaban J connectivity index is 1.32. The van der Waals surface area contributed by atoms with Crippen LogP contribution in [0.5, 0.6) is 17.2 Å². The number of carbonyl (C=O) groups is 3. The van der Waals surface area contributed by atoms with Gasteiger partial charge in [0, 0.05) is 6.54 Å². The third-order valence-electron chi connectivity index (χ3n) is 5.01. The summed E-state index contributed by atoms with van der Waals surface area (Å²) in [5.41, 5.74) is 7.48. The molecule has 3 aromatic carbocycles. The molecule has 0 saturated carbocycles. The fraction of sp³-hybridized carbons (Fsp3) is 0.160. The van der Waals surface area contributed by atoms with Crippen molar-refractivity contribution < 1.29 is 28.6 Å². The number of nitrogens with one attached hydrogen (secondary N) is 2. The van der Waals surface area contributed by atoms with Gasteiger partial charge in [0.25, 0.3) is 11.8 Å². The zero-order valence-corrected chi connectivity index (χ0v) is 18.2. The molecule has 0 radical (unpaired) electrons. The lowest BCUT2D eigenvalue weighted by atomic mass is 10.1. The van der Waals surface area contributed by atoms with Crippen LogP contribution in [0.1, 0.15) is 21.5 Å². The number of ether oxygens (including phenoxy) is 3. The fourth-order valence-electron chi connectivity index (χ4n) is 3.36. The summed E-state index contributed by atoms with van der Waals surface area (Å²) < 4.78 is 16.1. The van der Waals surface area contributed by atoms with Crippen molar-refractivity contribution in [1.82, 2.24) is 5.32 Å². The van der Waals surface area contributed by atoms with Crippen molar-refractivity contribution in [2.75, 3.05) is 18.7 Å². The summed E-state index contributed by atoms with van der Waals surface area (Å²) >= 11 is 0. The standard InChI is InChI=1S/C25H23N3O6/c26-23(29)12-16-5-8-18(9-6-16)32-14-24(30)28-20-4-2-1-3-19(20)25(31)27-13-17-7-10-21-22(11-17)34-15-33-21/h1-11H,12-15H2,(H2,26,29)(H,27,31)(H,28,30). The molecule has 0 unspecified atom stereocenters. The normalized spacial score (nSPS) is 11.5. The number of anilines is 1. The largest absolute Gasteiger partial charge is 0.484 e. The molecule has 0 aromatic heterocycles. The predicted octanol–water partition coefficient (Wildman–Crippen LogP) is 2.39. The first-order chi connectivity index (χ1) is 16.5. The first kappa shape index (κ1) is 22.7. The van der Waals surface area contributed by atoms with Gasteiger partial charge in [0.2, 0.25) is 12.7 Å². The Hall–Kier alpha value is -4.53. The summed E-state index contributed by atoms with van der Waals surface area (Å²) in [5, 5.41) is 5.55. The van der Waals surface area contributed by atoms with Gasteiger partial charge in [-0.1, -0.05) is 30.3 Å². The Morgan fingerprint density at radius 1 is 0.912 bits per heavy atom. The van der Waals surface area contributed by atoms with E-state index >= 15 is 0 Å². The van der Waals surface area contributed by atoms with E-state index in [1.807, 2.05) is 12.1 Å². The van der Waals surface area contributed by atoms with Gasteiger partial charge < -0.3 is 30.6 Å². The average Bonchev–Trinajstić information content (AvgIpc) is 3.30. The van der Waals surface area contributed by atoms with Gasteiger partial charge in [-0.25, -0.2) is 0 Å². The maximum absolute atomic E-state index is 12.8. The van der Waals surface area contributed by atoms with Gasteiger partial charge in [0.15, 0.2) is 18.1 Å². The fourth-order valence-corrected chi connectivity index (χ4v) is 3.36. The maximum Gasteiger partial charge on any atom is 0.262 e. The van der Waals surface area contributed by atoms with Crippen LogP contribution in [0.25, 0.3) is 0 Å². The lowest BCUT2D eigenvalue weighted by Crippen LogP contribution is -2.26. The average molecular weight is 461 g/mol. The summed E-state index contributed by atoms with van der Waals surface area (Å²) in [7, 11) is 0. The van der Waals surface area contributed by atoms with E-state index in [9.17, 15) is 14.4 Å². The van der Waals surface area contributed by atoms with E-state index in [4.69, 9.17) is 19.9 Å². The van der Waals surface area contributed by atoms with E-state index in [1.54, 1.807) is 54.6 Å². The number of nitrogens with two attached hydrogens (primary N) is 1. The van der Waals surface area contributed by atoms with Crippen molar-refractivity contribution >= 4 is 23.4 Å². The highest BCUT2D eigenvalue weighted by Crippen LogP contribution is 2.32. The second-order valence-corrected chi connectivity index (χ2v) is 7.54. The predicted molar refractivity (Wildman–Crippen MR) is 124 cm³/mol. The van der Waals surface area contributed by atoms with Crippen molar-refractivity contribution in [3.8, 4) is 17.2 Å². The number of para-hydroxylation sites is 1. The number of rotatable bonds is 9. The third kappa shape index (κ3) is 5.83. The third-order valence-corrected chi connectivity index (χ3v) is 5.01. The van der Waals surface area contributed by atoms with Crippen molar-refractivity contribution in [2.24, 2.45) is 5.73 Å². The molecule has 9 heteroatoms. The maximum atomic E-state index is 12.8. The van der Waals surface area contributed by atoms with E-state index in [1.165, 1.54) is 0 Å². The molecule has 174 valence electrons. The number of hydrogen-bond donors (Lipinski definition) is 3. The molecule has 0 bridgehead atoms. The molecule has 0 atom stereocenters. The van der Waals surface area contributed by atoms with Gasteiger partial charge in [0.1, 0.15) is 5.75 Å². The van der Waals surface area contributed by atoms with Crippen LogP contribution in [0, 0.1) is 0 Å². The van der Waals surface area contributed by atoms with Crippen molar-refractivity contribution in [3.63, 3.8) is 0 Å². The molecule has 3 amide bonds. The zero-order valence-electron chi connectivity index (χ0n) is 18.2. The highest BCUT2D eigenvalue weighted by Gasteiger charge is 2.16. The molecular formula is C25H23N3O6. The second kappa shape index (κ2) is 10.4. The number of benzene rings is 3. The Labute approximate surface area is 195 Å². The molecule has 0 saturated heterocycles. The van der Waals surface area contributed by atoms with E-state index in [0.717, 1.165) is 11.1 Å². The first-order valence-electron chi connectivity index (χ1n) is 10.5. The molecule has 3 aromatic rings. The zero-order chi connectivity index (χ0) is 23.9. The highest BCUT2D eigenvalue weighted by atomic mass is 16.7. The van der Waals surface area contributed by atoms with Crippen LogP contribution in [0.15, 0.2) is 66.7 Å². The monoisotopic (exact) mass is 461 g/mol. The highest BCUT2D eigenvalue weighted by molar-refractivity contribution is 6.04. The number of primary amides is 1. The SMILES string of the molecule is NC(=O)Cc1ccc(OCC(=O)Nc2ccccc2C(=O)NCc2ccc3c(c2)OCO3)cc1. The molecule has 0 spiro atoms. The minimum Gasteiger partial charge on any atom is -0.484 e. The summed E-state index contributed by atoms with van der Waals surface area (Å²) in [6.07, 6.45) is 0.133. The topological polar surface area (TPSA) is 129 Å². The summed E-state index contributed by atoms with van der Waals surface area (Å²) in [6, 6.07) is 18.9. The van der Waals surface area contributed by atoms with Gasteiger partial charge in [-0.2, -0.15) is 0 Å². The summed E-state index contributed by atoms with van der Waals surface area (Å²) in [5.74, 6) is 0.607. The summed E-state index contributed by atoms with van der Waals surface area (Å²) in [6.45, 7) is 0.220. The number of carbonyl (C=O) groups excluding carboxylic acids is 3. The van der Waals surface area contributed by atoms with Crippen LogP contribution in [0.2, 0.25) is 0 Å². The van der Waals surface area contributed by atoms with E-state index in [2.05, 4.69) is 10.6 Å². The van der Waals surface area contributed by atoms with Crippen molar-refractivity contribution in [1.29, 1.82) is 0 Å². The van der Waals surface area contributed by atoms with Crippen molar-refractivity contribution in [3.05, 3.63) is 83.4 Å². The van der Waals surface area contributed by atoms with Gasteiger partial charge in [0.05, 0.1) is 17.7 Å². The Kier molecular flexibility index (Phi) is 6.92. The summed E-state index contributed by atoms with van der Waals surface area (Å²) in [4.78, 5) is 36.1. The molecule has 0 fully saturated rings. The van der Waals surface area contributed by atoms with Crippen LogP contribution in [0.4, 0.5) is 5.69 Å². The molecule has 0 aliphatic carbocycles. The number of fused-ring (bicyclic) bond motifs is 1. The van der Waals surface area contributed by atoms with Gasteiger partial charge in [-0.05, 0) is 47.5 Å². The molecular weight excluding hydrogens is 438 g/mol. The molecule has 1 aliphatic rings. The second-order valence-electron chi connectivity index (χ2n) is 7.54.